The van der Waals surface area contributed by atoms with E-state index in [1.807, 2.05) is 0 Å². The number of rotatable bonds is 8. The number of halogens is 3. The lowest BCUT2D eigenvalue weighted by atomic mass is 10.2. The van der Waals surface area contributed by atoms with Gasteiger partial charge in [-0.05, 0) is 59.7 Å². The second-order valence-electron chi connectivity index (χ2n) is 6.70. The van der Waals surface area contributed by atoms with Crippen molar-refractivity contribution in [2.75, 3.05) is 6.54 Å². The monoisotopic (exact) mass is 509 g/mol. The number of nitrogens with one attached hydrogen (secondary N) is 1. The fraction of sp³-hybridized carbons (Fsp3) is 0.0909. The van der Waals surface area contributed by atoms with Crippen molar-refractivity contribution in [1.29, 1.82) is 0 Å². The van der Waals surface area contributed by atoms with Gasteiger partial charge in [-0.25, -0.2) is 13.8 Å². The van der Waals surface area contributed by atoms with E-state index in [-0.39, 0.29) is 11.4 Å². The first kappa shape index (κ1) is 24.2. The lowest BCUT2D eigenvalue weighted by Gasteiger charge is -2.21. The maximum Gasteiger partial charge on any atom is 0.255 e. The summed E-state index contributed by atoms with van der Waals surface area (Å²) in [7, 11) is -3.99. The van der Waals surface area contributed by atoms with Crippen LogP contribution in [0.25, 0.3) is 0 Å². The molecule has 0 aliphatic carbocycles. The molecule has 0 radical (unpaired) electrons. The number of nitrogens with zero attached hydrogens (tertiary/aromatic N) is 2. The number of amides is 1. The van der Waals surface area contributed by atoms with Crippen LogP contribution in [0, 0.1) is 0 Å². The van der Waals surface area contributed by atoms with Crippen molar-refractivity contribution in [1.82, 2.24) is 9.73 Å². The van der Waals surface area contributed by atoms with E-state index in [1.165, 1.54) is 30.5 Å². The Morgan fingerprint density at radius 2 is 1.34 bits per heavy atom. The van der Waals surface area contributed by atoms with Gasteiger partial charge >= 0.3 is 0 Å². The molecule has 0 unspecified atom stereocenters. The Balaban J connectivity index is 1.78. The molecule has 0 saturated heterocycles. The zero-order chi connectivity index (χ0) is 23.1. The molecule has 0 heterocycles. The molecule has 0 aromatic heterocycles. The molecule has 0 saturated carbocycles. The summed E-state index contributed by atoms with van der Waals surface area (Å²) in [6.45, 7) is -0.470. The van der Waals surface area contributed by atoms with Crippen LogP contribution in [0.15, 0.2) is 82.8 Å². The van der Waals surface area contributed by atoms with Gasteiger partial charge in [0.1, 0.15) is 0 Å². The fourth-order valence-corrected chi connectivity index (χ4v) is 4.46. The SMILES string of the molecule is O=C(CN(Cc1ccc(Cl)cc1)S(=O)(=O)c1ccc(Cl)cc1)N/N=C\c1ccc(Cl)cc1. The van der Waals surface area contributed by atoms with Crippen molar-refractivity contribution >= 4 is 56.9 Å². The largest absolute Gasteiger partial charge is 0.272 e. The predicted octanol–water partition coefficient (Wildman–Crippen LogP) is 4.99. The number of carbonyl (C=O) groups is 1. The minimum absolute atomic E-state index is 0.0216. The Bertz CT molecular complexity index is 1200. The van der Waals surface area contributed by atoms with Gasteiger partial charge in [-0.1, -0.05) is 59.1 Å². The van der Waals surface area contributed by atoms with Crippen LogP contribution in [-0.2, 0) is 21.4 Å². The average Bonchev–Trinajstić information content (AvgIpc) is 2.76. The molecule has 0 fully saturated rings. The van der Waals surface area contributed by atoms with Gasteiger partial charge in [0.2, 0.25) is 10.0 Å². The van der Waals surface area contributed by atoms with Gasteiger partial charge in [-0.15, -0.1) is 0 Å². The van der Waals surface area contributed by atoms with Crippen molar-refractivity contribution in [3.63, 3.8) is 0 Å². The van der Waals surface area contributed by atoms with Crippen molar-refractivity contribution in [3.8, 4) is 0 Å². The molecule has 3 aromatic carbocycles. The number of hydrazone groups is 1. The van der Waals surface area contributed by atoms with Crippen LogP contribution in [0.3, 0.4) is 0 Å². The van der Waals surface area contributed by atoms with Gasteiger partial charge in [-0.2, -0.15) is 9.41 Å². The lowest BCUT2D eigenvalue weighted by Crippen LogP contribution is -2.39. The lowest BCUT2D eigenvalue weighted by molar-refractivity contribution is -0.121. The summed E-state index contributed by atoms with van der Waals surface area (Å²) in [4.78, 5) is 12.5. The van der Waals surface area contributed by atoms with Crippen LogP contribution in [0.2, 0.25) is 15.1 Å². The summed E-state index contributed by atoms with van der Waals surface area (Å²) >= 11 is 17.6. The normalized spacial score (nSPS) is 11.8. The molecule has 1 amide bonds. The molecule has 3 rings (SSSR count). The van der Waals surface area contributed by atoms with Gasteiger partial charge in [0, 0.05) is 21.6 Å². The first-order chi connectivity index (χ1) is 15.2. The second kappa shape index (κ2) is 10.9. The van der Waals surface area contributed by atoms with Crippen LogP contribution < -0.4 is 5.43 Å². The van der Waals surface area contributed by atoms with Crippen LogP contribution in [0.5, 0.6) is 0 Å². The molecule has 0 bridgehead atoms. The topological polar surface area (TPSA) is 78.8 Å². The Labute approximate surface area is 201 Å². The molecule has 10 heteroatoms. The van der Waals surface area contributed by atoms with Crippen molar-refractivity contribution in [3.05, 3.63) is 99.0 Å². The van der Waals surface area contributed by atoms with Crippen LogP contribution >= 0.6 is 34.8 Å². The molecule has 0 aliphatic rings. The third-order valence-electron chi connectivity index (χ3n) is 4.32. The number of benzene rings is 3. The third kappa shape index (κ3) is 6.79. The molecule has 0 spiro atoms. The summed E-state index contributed by atoms with van der Waals surface area (Å²) in [5.41, 5.74) is 3.75. The van der Waals surface area contributed by atoms with Crippen molar-refractivity contribution in [2.24, 2.45) is 5.10 Å². The third-order valence-corrected chi connectivity index (χ3v) is 6.88. The number of hydrogen-bond acceptors (Lipinski definition) is 4. The molecule has 6 nitrogen and oxygen atoms in total. The van der Waals surface area contributed by atoms with Gasteiger partial charge in [0.25, 0.3) is 5.91 Å². The highest BCUT2D eigenvalue weighted by molar-refractivity contribution is 7.89. The molecule has 0 aliphatic heterocycles. The maximum absolute atomic E-state index is 13.2. The van der Waals surface area contributed by atoms with Crippen LogP contribution in [0.4, 0.5) is 0 Å². The summed E-state index contributed by atoms with van der Waals surface area (Å²) in [6, 6.07) is 19.3. The van der Waals surface area contributed by atoms with E-state index in [9.17, 15) is 13.2 Å². The van der Waals surface area contributed by atoms with E-state index in [1.54, 1.807) is 48.5 Å². The van der Waals surface area contributed by atoms with Gasteiger partial charge in [-0.3, -0.25) is 4.79 Å². The summed E-state index contributed by atoms with van der Waals surface area (Å²) in [6.07, 6.45) is 1.44. The predicted molar refractivity (Wildman–Crippen MR) is 128 cm³/mol. The maximum atomic E-state index is 13.2. The zero-order valence-electron chi connectivity index (χ0n) is 16.6. The summed E-state index contributed by atoms with van der Waals surface area (Å²) in [5.74, 6) is -0.596. The van der Waals surface area contributed by atoms with Crippen LogP contribution in [0.1, 0.15) is 11.1 Å². The minimum Gasteiger partial charge on any atom is -0.272 e. The van der Waals surface area contributed by atoms with E-state index in [2.05, 4.69) is 10.5 Å². The van der Waals surface area contributed by atoms with E-state index in [4.69, 9.17) is 34.8 Å². The first-order valence-corrected chi connectivity index (χ1v) is 11.9. The van der Waals surface area contributed by atoms with E-state index < -0.39 is 22.5 Å². The quantitative estimate of drug-likeness (QED) is 0.343. The molecule has 3 aromatic rings. The standard InChI is InChI=1S/C22H18Cl3N3O3S/c23-18-5-1-16(2-6-18)13-26-27-22(29)15-28(14-17-3-7-19(24)8-4-17)32(30,31)21-11-9-20(25)10-12-21/h1-13H,14-15H2,(H,27,29)/b26-13-. The highest BCUT2D eigenvalue weighted by atomic mass is 35.5. The van der Waals surface area contributed by atoms with Crippen molar-refractivity contribution in [2.45, 2.75) is 11.4 Å². The van der Waals surface area contributed by atoms with Gasteiger partial charge in [0.05, 0.1) is 17.7 Å². The van der Waals surface area contributed by atoms with E-state index >= 15 is 0 Å². The minimum atomic E-state index is -3.99. The number of carbonyl (C=O) groups excluding carboxylic acids is 1. The van der Waals surface area contributed by atoms with Crippen LogP contribution in [-0.4, -0.2) is 31.4 Å². The number of sulfonamides is 1. The van der Waals surface area contributed by atoms with Gasteiger partial charge in [0.15, 0.2) is 0 Å². The summed E-state index contributed by atoms with van der Waals surface area (Å²) in [5, 5.41) is 5.39. The molecular formula is C22H18Cl3N3O3S. The first-order valence-electron chi connectivity index (χ1n) is 9.32. The Hall–Kier alpha value is -2.42. The smallest absolute Gasteiger partial charge is 0.255 e. The molecule has 0 atom stereocenters. The fourth-order valence-electron chi connectivity index (χ4n) is 2.70. The highest BCUT2D eigenvalue weighted by Gasteiger charge is 2.27. The zero-order valence-corrected chi connectivity index (χ0v) is 19.7. The highest BCUT2D eigenvalue weighted by Crippen LogP contribution is 2.21. The second-order valence-corrected chi connectivity index (χ2v) is 9.95. The van der Waals surface area contributed by atoms with E-state index in [0.717, 1.165) is 9.87 Å². The van der Waals surface area contributed by atoms with Crippen molar-refractivity contribution < 1.29 is 13.2 Å². The van der Waals surface area contributed by atoms with Gasteiger partial charge < -0.3 is 0 Å². The summed E-state index contributed by atoms with van der Waals surface area (Å²) < 4.78 is 27.5. The molecule has 32 heavy (non-hydrogen) atoms. The van der Waals surface area contributed by atoms with E-state index in [0.29, 0.717) is 20.6 Å². The molecular weight excluding hydrogens is 493 g/mol. The molecule has 166 valence electrons. The Morgan fingerprint density at radius 3 is 1.91 bits per heavy atom. The number of hydrogen-bond donors (Lipinski definition) is 1. The Kier molecular flexibility index (Phi) is 8.28. The average molecular weight is 511 g/mol. The molecule has 1 N–H and O–H groups in total. The Morgan fingerprint density at radius 1 is 0.844 bits per heavy atom.